The molecule has 14 heavy (non-hydrogen) atoms. The van der Waals surface area contributed by atoms with Gasteiger partial charge in [0, 0.05) is 32.9 Å². The van der Waals surface area contributed by atoms with E-state index >= 15 is 0 Å². The van der Waals surface area contributed by atoms with E-state index in [1.807, 2.05) is 0 Å². The minimum Gasteiger partial charge on any atom is -0.379 e. The second-order valence-electron chi connectivity index (χ2n) is 3.86. The summed E-state index contributed by atoms with van der Waals surface area (Å²) in [7, 11) is 0. The van der Waals surface area contributed by atoms with Gasteiger partial charge < -0.3 is 19.5 Å². The van der Waals surface area contributed by atoms with Crippen molar-refractivity contribution in [3.05, 3.63) is 0 Å². The molecule has 0 aromatic heterocycles. The highest BCUT2D eigenvalue weighted by atomic mass is 16.5. The molecule has 0 bridgehead atoms. The van der Waals surface area contributed by atoms with E-state index in [2.05, 4.69) is 5.32 Å². The first-order valence-corrected chi connectivity index (χ1v) is 5.47. The molecule has 1 unspecified atom stereocenters. The van der Waals surface area contributed by atoms with Crippen molar-refractivity contribution >= 4 is 0 Å². The molecule has 0 amide bonds. The minimum absolute atomic E-state index is 0.334. The van der Waals surface area contributed by atoms with E-state index in [0.717, 1.165) is 52.4 Å². The van der Waals surface area contributed by atoms with Gasteiger partial charge in [0.05, 0.1) is 18.8 Å². The second-order valence-corrected chi connectivity index (χ2v) is 3.86. The first-order chi connectivity index (χ1) is 6.95. The van der Waals surface area contributed by atoms with Crippen LogP contribution in [0.2, 0.25) is 0 Å². The molecule has 2 rings (SSSR count). The molecule has 2 saturated heterocycles. The van der Waals surface area contributed by atoms with Crippen LogP contribution in [0.1, 0.15) is 12.8 Å². The lowest BCUT2D eigenvalue weighted by Crippen LogP contribution is -2.48. The fourth-order valence-corrected chi connectivity index (χ4v) is 1.58. The zero-order valence-corrected chi connectivity index (χ0v) is 8.54. The Morgan fingerprint density at radius 3 is 2.50 bits per heavy atom. The normalized spacial score (nSPS) is 27.9. The summed E-state index contributed by atoms with van der Waals surface area (Å²) in [5, 5.41) is 3.17. The molecule has 2 aliphatic heterocycles. The molecule has 2 aliphatic rings. The third-order valence-corrected chi connectivity index (χ3v) is 2.63. The largest absolute Gasteiger partial charge is 0.379 e. The Morgan fingerprint density at radius 2 is 1.93 bits per heavy atom. The molecule has 0 aromatic carbocycles. The average Bonchev–Trinajstić information content (AvgIpc) is 2.60. The topological polar surface area (TPSA) is 39.7 Å². The third-order valence-electron chi connectivity index (χ3n) is 2.63. The van der Waals surface area contributed by atoms with E-state index in [9.17, 15) is 0 Å². The SMILES string of the molecule is C(COC1CNC1)COC1CCOC1. The molecule has 4 nitrogen and oxygen atoms in total. The van der Waals surface area contributed by atoms with Gasteiger partial charge in [-0.1, -0.05) is 0 Å². The van der Waals surface area contributed by atoms with E-state index < -0.39 is 0 Å². The molecular formula is C10H19NO3. The fourth-order valence-electron chi connectivity index (χ4n) is 1.58. The zero-order valence-electron chi connectivity index (χ0n) is 8.54. The Bertz CT molecular complexity index is 155. The molecule has 2 heterocycles. The monoisotopic (exact) mass is 201 g/mol. The highest BCUT2D eigenvalue weighted by Gasteiger charge is 2.17. The fraction of sp³-hybridized carbons (Fsp3) is 1.00. The lowest BCUT2D eigenvalue weighted by molar-refractivity contribution is -0.00755. The van der Waals surface area contributed by atoms with Crippen molar-refractivity contribution in [1.82, 2.24) is 5.32 Å². The lowest BCUT2D eigenvalue weighted by atomic mass is 10.2. The Hall–Kier alpha value is -0.160. The van der Waals surface area contributed by atoms with Crippen molar-refractivity contribution < 1.29 is 14.2 Å². The van der Waals surface area contributed by atoms with Crippen LogP contribution in [-0.4, -0.2) is 51.7 Å². The van der Waals surface area contributed by atoms with Crippen LogP contribution in [0, 0.1) is 0 Å². The van der Waals surface area contributed by atoms with Gasteiger partial charge in [0.1, 0.15) is 0 Å². The quantitative estimate of drug-likeness (QED) is 0.622. The summed E-state index contributed by atoms with van der Waals surface area (Å²) in [5.74, 6) is 0. The molecule has 0 aromatic rings. The van der Waals surface area contributed by atoms with Gasteiger partial charge in [-0.2, -0.15) is 0 Å². The lowest BCUT2D eigenvalue weighted by Gasteiger charge is -2.27. The average molecular weight is 201 g/mol. The summed E-state index contributed by atoms with van der Waals surface area (Å²) >= 11 is 0. The number of rotatable bonds is 6. The Balaban J connectivity index is 1.39. The van der Waals surface area contributed by atoms with Gasteiger partial charge in [-0.25, -0.2) is 0 Å². The van der Waals surface area contributed by atoms with Gasteiger partial charge in [-0.15, -0.1) is 0 Å². The van der Waals surface area contributed by atoms with E-state index in [1.54, 1.807) is 0 Å². The van der Waals surface area contributed by atoms with Crippen LogP contribution in [-0.2, 0) is 14.2 Å². The van der Waals surface area contributed by atoms with E-state index in [1.165, 1.54) is 0 Å². The van der Waals surface area contributed by atoms with Crippen LogP contribution in [0.3, 0.4) is 0 Å². The van der Waals surface area contributed by atoms with Crippen LogP contribution < -0.4 is 5.32 Å². The maximum atomic E-state index is 5.62. The van der Waals surface area contributed by atoms with Crippen molar-refractivity contribution in [1.29, 1.82) is 0 Å². The summed E-state index contributed by atoms with van der Waals surface area (Å²) in [6.07, 6.45) is 2.82. The molecule has 2 fully saturated rings. The van der Waals surface area contributed by atoms with Crippen LogP contribution >= 0.6 is 0 Å². The first-order valence-electron chi connectivity index (χ1n) is 5.47. The first kappa shape index (κ1) is 10.4. The molecule has 82 valence electrons. The number of ether oxygens (including phenoxy) is 3. The van der Waals surface area contributed by atoms with Gasteiger partial charge >= 0.3 is 0 Å². The molecule has 0 spiro atoms. The van der Waals surface area contributed by atoms with E-state index in [0.29, 0.717) is 12.2 Å². The minimum atomic E-state index is 0.334. The van der Waals surface area contributed by atoms with Crippen molar-refractivity contribution in [2.75, 3.05) is 39.5 Å². The van der Waals surface area contributed by atoms with Gasteiger partial charge in [0.25, 0.3) is 0 Å². The van der Waals surface area contributed by atoms with E-state index in [-0.39, 0.29) is 0 Å². The summed E-state index contributed by atoms with van der Waals surface area (Å²) < 4.78 is 16.4. The van der Waals surface area contributed by atoms with Gasteiger partial charge in [0.15, 0.2) is 0 Å². The molecular weight excluding hydrogens is 182 g/mol. The Labute approximate surface area is 84.9 Å². The molecule has 4 heteroatoms. The van der Waals surface area contributed by atoms with Crippen molar-refractivity contribution in [2.24, 2.45) is 0 Å². The zero-order chi connectivity index (χ0) is 9.64. The highest BCUT2D eigenvalue weighted by molar-refractivity contribution is 4.74. The molecule has 0 radical (unpaired) electrons. The predicted molar refractivity (Wildman–Crippen MR) is 52.4 cm³/mol. The van der Waals surface area contributed by atoms with Crippen molar-refractivity contribution in [2.45, 2.75) is 25.0 Å². The second kappa shape index (κ2) is 5.66. The number of hydrogen-bond donors (Lipinski definition) is 1. The summed E-state index contributed by atoms with van der Waals surface area (Å²) in [5.41, 5.74) is 0. The van der Waals surface area contributed by atoms with Crippen molar-refractivity contribution in [3.63, 3.8) is 0 Å². The summed E-state index contributed by atoms with van der Waals surface area (Å²) in [6.45, 7) is 5.27. The summed E-state index contributed by atoms with van der Waals surface area (Å²) in [4.78, 5) is 0. The highest BCUT2D eigenvalue weighted by Crippen LogP contribution is 2.08. The molecule has 0 saturated carbocycles. The van der Waals surface area contributed by atoms with Crippen LogP contribution in [0.4, 0.5) is 0 Å². The molecule has 1 atom stereocenters. The summed E-state index contributed by atoms with van der Waals surface area (Å²) in [6, 6.07) is 0. The maximum Gasteiger partial charge on any atom is 0.0830 e. The van der Waals surface area contributed by atoms with Crippen LogP contribution in [0.15, 0.2) is 0 Å². The predicted octanol–water partition coefficient (Wildman–Crippen LogP) is 0.170. The Morgan fingerprint density at radius 1 is 1.14 bits per heavy atom. The third kappa shape index (κ3) is 3.20. The molecule has 1 N–H and O–H groups in total. The van der Waals surface area contributed by atoms with Crippen LogP contribution in [0.25, 0.3) is 0 Å². The maximum absolute atomic E-state index is 5.62. The van der Waals surface area contributed by atoms with Crippen LogP contribution in [0.5, 0.6) is 0 Å². The Kier molecular flexibility index (Phi) is 4.19. The number of hydrogen-bond acceptors (Lipinski definition) is 4. The smallest absolute Gasteiger partial charge is 0.0830 e. The standard InChI is InChI=1S/C10H19NO3/c1(4-14-10-6-11-7-10)3-13-9-2-5-12-8-9/h9-11H,1-8H2. The van der Waals surface area contributed by atoms with Gasteiger partial charge in [0.2, 0.25) is 0 Å². The number of nitrogens with one attached hydrogen (secondary N) is 1. The van der Waals surface area contributed by atoms with Gasteiger partial charge in [-0.05, 0) is 12.8 Å². The van der Waals surface area contributed by atoms with E-state index in [4.69, 9.17) is 14.2 Å². The molecule has 0 aliphatic carbocycles. The van der Waals surface area contributed by atoms with Crippen molar-refractivity contribution in [3.8, 4) is 0 Å². The van der Waals surface area contributed by atoms with Gasteiger partial charge in [-0.3, -0.25) is 0 Å².